The highest BCUT2D eigenvalue weighted by Gasteiger charge is 2.25. The highest BCUT2D eigenvalue weighted by Crippen LogP contribution is 2.25. The molecule has 0 unspecified atom stereocenters. The van der Waals surface area contributed by atoms with Crippen LogP contribution in [-0.4, -0.2) is 18.5 Å². The molecule has 0 amide bonds. The predicted octanol–water partition coefficient (Wildman–Crippen LogP) is 3.90. The van der Waals surface area contributed by atoms with Gasteiger partial charge >= 0.3 is 5.97 Å². The fourth-order valence-electron chi connectivity index (χ4n) is 2.36. The van der Waals surface area contributed by atoms with Crippen LogP contribution in [0.2, 0.25) is 0 Å². The number of rotatable bonds is 5. The molecule has 3 rings (SSSR count). The molecule has 1 heterocycles. The molecule has 0 saturated carbocycles. The van der Waals surface area contributed by atoms with Crippen LogP contribution < -0.4 is 4.74 Å². The average Bonchev–Trinajstić information content (AvgIpc) is 2.95. The first-order valence-electron chi connectivity index (χ1n) is 7.60. The Morgan fingerprint density at radius 3 is 2.71 bits per heavy atom. The van der Waals surface area contributed by atoms with Gasteiger partial charge in [-0.25, -0.2) is 9.79 Å². The lowest BCUT2D eigenvalue weighted by Crippen LogP contribution is -2.06. The molecule has 2 aromatic carbocycles. The van der Waals surface area contributed by atoms with Crippen molar-refractivity contribution in [1.29, 1.82) is 0 Å². The minimum Gasteiger partial charge on any atom is -0.489 e. The number of hydrogen-bond acceptors (Lipinski definition) is 4. The van der Waals surface area contributed by atoms with E-state index in [4.69, 9.17) is 9.47 Å². The topological polar surface area (TPSA) is 47.9 Å². The maximum Gasteiger partial charge on any atom is 0.363 e. The van der Waals surface area contributed by atoms with Crippen molar-refractivity contribution in [2.75, 3.05) is 6.61 Å². The molecule has 0 fully saturated rings. The fourth-order valence-corrected chi connectivity index (χ4v) is 2.36. The second-order valence-corrected chi connectivity index (χ2v) is 5.29. The lowest BCUT2D eigenvalue weighted by molar-refractivity contribution is -0.129. The number of esters is 1. The molecule has 0 radical (unpaired) electrons. The molecular weight excluding hydrogens is 302 g/mol. The number of benzene rings is 2. The third-order valence-corrected chi connectivity index (χ3v) is 3.56. The van der Waals surface area contributed by atoms with E-state index in [9.17, 15) is 4.79 Å². The molecule has 0 N–H and O–H groups in total. The minimum atomic E-state index is -0.466. The Balaban J connectivity index is 1.95. The normalized spacial score (nSPS) is 15.1. The highest BCUT2D eigenvalue weighted by molar-refractivity contribution is 6.13. The van der Waals surface area contributed by atoms with Crippen molar-refractivity contribution in [1.82, 2.24) is 0 Å². The van der Waals surface area contributed by atoms with Gasteiger partial charge < -0.3 is 9.47 Å². The molecular formula is C20H17NO3. The summed E-state index contributed by atoms with van der Waals surface area (Å²) in [6.45, 7) is 5.98. The van der Waals surface area contributed by atoms with Crippen LogP contribution in [0.1, 0.15) is 16.7 Å². The molecule has 120 valence electrons. The van der Waals surface area contributed by atoms with Crippen LogP contribution in [0.25, 0.3) is 6.08 Å². The number of carbonyl (C=O) groups excluding carboxylic acids is 1. The van der Waals surface area contributed by atoms with Crippen LogP contribution in [-0.2, 0) is 9.53 Å². The molecule has 0 aromatic heterocycles. The summed E-state index contributed by atoms with van der Waals surface area (Å²) in [4.78, 5) is 16.5. The second-order valence-electron chi connectivity index (χ2n) is 5.29. The van der Waals surface area contributed by atoms with E-state index >= 15 is 0 Å². The van der Waals surface area contributed by atoms with E-state index in [0.717, 1.165) is 16.7 Å². The van der Waals surface area contributed by atoms with Crippen molar-refractivity contribution in [2.24, 2.45) is 4.99 Å². The van der Waals surface area contributed by atoms with Crippen LogP contribution in [0.15, 0.2) is 71.9 Å². The Morgan fingerprint density at radius 1 is 1.17 bits per heavy atom. The maximum absolute atomic E-state index is 12.1. The van der Waals surface area contributed by atoms with E-state index in [1.54, 1.807) is 12.2 Å². The van der Waals surface area contributed by atoms with Gasteiger partial charge in [0.15, 0.2) is 5.70 Å². The smallest absolute Gasteiger partial charge is 0.363 e. The number of carbonyl (C=O) groups is 1. The first kappa shape index (κ1) is 15.7. The Kier molecular flexibility index (Phi) is 4.57. The Morgan fingerprint density at radius 2 is 1.92 bits per heavy atom. The number of hydrogen-bond donors (Lipinski definition) is 0. The lowest BCUT2D eigenvalue weighted by atomic mass is 10.1. The van der Waals surface area contributed by atoms with E-state index in [0.29, 0.717) is 18.3 Å². The van der Waals surface area contributed by atoms with Gasteiger partial charge in [-0.15, -0.1) is 0 Å². The molecule has 4 nitrogen and oxygen atoms in total. The van der Waals surface area contributed by atoms with Gasteiger partial charge in [0, 0.05) is 11.1 Å². The van der Waals surface area contributed by atoms with E-state index in [-0.39, 0.29) is 5.70 Å². The summed E-state index contributed by atoms with van der Waals surface area (Å²) in [7, 11) is 0. The van der Waals surface area contributed by atoms with Crippen molar-refractivity contribution in [2.45, 2.75) is 6.92 Å². The molecule has 0 spiro atoms. The van der Waals surface area contributed by atoms with Crippen LogP contribution >= 0.6 is 0 Å². The van der Waals surface area contributed by atoms with Gasteiger partial charge in [0.05, 0.1) is 0 Å². The SMILES string of the molecule is C=CCOc1ccccc1/C=C1\N=C(c2ccccc2C)OC1=O. The first-order chi connectivity index (χ1) is 11.7. The van der Waals surface area contributed by atoms with Gasteiger partial charge in [0.1, 0.15) is 12.4 Å². The van der Waals surface area contributed by atoms with Gasteiger partial charge in [0.25, 0.3) is 0 Å². The number of aliphatic imine (C=N–C) groups is 1. The van der Waals surface area contributed by atoms with Crippen LogP contribution in [0.3, 0.4) is 0 Å². The summed E-state index contributed by atoms with van der Waals surface area (Å²) in [6.07, 6.45) is 3.34. The van der Waals surface area contributed by atoms with E-state index in [1.165, 1.54) is 0 Å². The van der Waals surface area contributed by atoms with Crippen molar-refractivity contribution in [3.8, 4) is 5.75 Å². The Hall–Kier alpha value is -3.14. The fraction of sp³-hybridized carbons (Fsp3) is 0.100. The number of para-hydroxylation sites is 1. The van der Waals surface area contributed by atoms with Crippen LogP contribution in [0, 0.1) is 6.92 Å². The molecule has 1 aliphatic rings. The zero-order valence-corrected chi connectivity index (χ0v) is 13.4. The summed E-state index contributed by atoms with van der Waals surface area (Å²) in [5.74, 6) is 0.526. The number of cyclic esters (lactones) is 1. The molecule has 0 aliphatic carbocycles. The number of aryl methyl sites for hydroxylation is 1. The molecule has 1 aliphatic heterocycles. The zero-order chi connectivity index (χ0) is 16.9. The van der Waals surface area contributed by atoms with E-state index < -0.39 is 5.97 Å². The standard InChI is InChI=1S/C20H17NO3/c1-3-12-23-18-11-7-5-9-15(18)13-17-20(22)24-19(21-17)16-10-6-4-8-14(16)2/h3-11,13H,1,12H2,2H3/b17-13-. The third-order valence-electron chi connectivity index (χ3n) is 3.56. The highest BCUT2D eigenvalue weighted by atomic mass is 16.6. The van der Waals surface area contributed by atoms with E-state index in [2.05, 4.69) is 11.6 Å². The largest absolute Gasteiger partial charge is 0.489 e. The van der Waals surface area contributed by atoms with Crippen molar-refractivity contribution < 1.29 is 14.3 Å². The van der Waals surface area contributed by atoms with Crippen molar-refractivity contribution in [3.63, 3.8) is 0 Å². The molecule has 4 heteroatoms. The third kappa shape index (κ3) is 3.27. The van der Waals surface area contributed by atoms with Crippen molar-refractivity contribution in [3.05, 3.63) is 83.6 Å². The summed E-state index contributed by atoms with van der Waals surface area (Å²) >= 11 is 0. The first-order valence-corrected chi connectivity index (χ1v) is 7.60. The lowest BCUT2D eigenvalue weighted by Gasteiger charge is -2.06. The Labute approximate surface area is 140 Å². The second kappa shape index (κ2) is 6.96. The zero-order valence-electron chi connectivity index (χ0n) is 13.4. The van der Waals surface area contributed by atoms with Crippen LogP contribution in [0.4, 0.5) is 0 Å². The van der Waals surface area contributed by atoms with Gasteiger partial charge in [-0.3, -0.25) is 0 Å². The van der Waals surface area contributed by atoms with E-state index in [1.807, 2.05) is 55.5 Å². The molecule has 0 saturated heterocycles. The number of nitrogens with zero attached hydrogens (tertiary/aromatic N) is 1. The van der Waals surface area contributed by atoms with Gasteiger partial charge in [-0.1, -0.05) is 49.1 Å². The quantitative estimate of drug-likeness (QED) is 0.477. The maximum atomic E-state index is 12.1. The van der Waals surface area contributed by atoms with Gasteiger partial charge in [0.2, 0.25) is 5.90 Å². The van der Waals surface area contributed by atoms with Crippen molar-refractivity contribution >= 4 is 17.9 Å². The summed E-state index contributed by atoms with van der Waals surface area (Å²) in [5, 5.41) is 0. The predicted molar refractivity (Wildman–Crippen MR) is 93.9 cm³/mol. The molecule has 0 bridgehead atoms. The number of ether oxygens (including phenoxy) is 2. The van der Waals surface area contributed by atoms with Gasteiger partial charge in [-0.2, -0.15) is 0 Å². The Bertz CT molecular complexity index is 849. The molecule has 24 heavy (non-hydrogen) atoms. The molecule has 0 atom stereocenters. The summed E-state index contributed by atoms with van der Waals surface area (Å²) in [5.41, 5.74) is 2.83. The summed E-state index contributed by atoms with van der Waals surface area (Å²) in [6, 6.07) is 15.1. The minimum absolute atomic E-state index is 0.253. The molecule has 2 aromatic rings. The summed E-state index contributed by atoms with van der Waals surface area (Å²) < 4.78 is 10.9. The monoisotopic (exact) mass is 319 g/mol. The average molecular weight is 319 g/mol. The van der Waals surface area contributed by atoms with Crippen LogP contribution in [0.5, 0.6) is 5.75 Å². The van der Waals surface area contributed by atoms with Gasteiger partial charge in [-0.05, 0) is 30.7 Å².